The molecule has 1 aliphatic heterocycles. The van der Waals surface area contributed by atoms with Gasteiger partial charge in [0.25, 0.3) is 0 Å². The Balaban J connectivity index is 2.44. The molecule has 2 rings (SSSR count). The largest absolute Gasteiger partial charge is 0.500 e. The van der Waals surface area contributed by atoms with Gasteiger partial charge in [0.15, 0.2) is 0 Å². The minimum Gasteiger partial charge on any atom is -0.399 e. The summed E-state index contributed by atoms with van der Waals surface area (Å²) in [7, 11) is -1.39. The first-order chi connectivity index (χ1) is 9.35. The second-order valence-corrected chi connectivity index (χ2v) is 5.94. The summed E-state index contributed by atoms with van der Waals surface area (Å²) in [4.78, 5) is 0. The Morgan fingerprint density at radius 2 is 1.29 bits per heavy atom. The first kappa shape index (κ1) is 16.2. The van der Waals surface area contributed by atoms with Gasteiger partial charge in [-0.05, 0) is 39.8 Å². The molecule has 0 spiro atoms. The SMILES string of the molecule is CC1(C)OB(c2c(F)cc(C(F)(F)F)cc2F)OC1(C)C. The molecule has 21 heavy (non-hydrogen) atoms. The van der Waals surface area contributed by atoms with Crippen LogP contribution in [0.2, 0.25) is 0 Å². The standard InChI is InChI=1S/C13H14BF5O2/c1-11(2)12(3,4)21-14(20-11)10-8(15)5-7(6-9(10)16)13(17,18)19/h5-6H,1-4H3. The van der Waals surface area contributed by atoms with E-state index in [2.05, 4.69) is 0 Å². The Kier molecular flexibility index (Phi) is 3.61. The molecular formula is C13H14BF5O2. The van der Waals surface area contributed by atoms with Crippen LogP contribution < -0.4 is 5.46 Å². The van der Waals surface area contributed by atoms with Crippen LogP contribution in [0.25, 0.3) is 0 Å². The van der Waals surface area contributed by atoms with Crippen molar-refractivity contribution in [2.24, 2.45) is 0 Å². The molecule has 1 aromatic rings. The van der Waals surface area contributed by atoms with E-state index in [1.54, 1.807) is 27.7 Å². The van der Waals surface area contributed by atoms with Crippen molar-refractivity contribution in [3.8, 4) is 0 Å². The Hall–Kier alpha value is -1.15. The van der Waals surface area contributed by atoms with E-state index in [0.29, 0.717) is 0 Å². The lowest BCUT2D eigenvalue weighted by molar-refractivity contribution is -0.137. The fourth-order valence-electron chi connectivity index (χ4n) is 1.93. The van der Waals surface area contributed by atoms with Gasteiger partial charge < -0.3 is 9.31 Å². The van der Waals surface area contributed by atoms with Gasteiger partial charge in [-0.25, -0.2) is 8.78 Å². The van der Waals surface area contributed by atoms with Crippen LogP contribution in [0.15, 0.2) is 12.1 Å². The van der Waals surface area contributed by atoms with Gasteiger partial charge in [0.2, 0.25) is 0 Å². The summed E-state index contributed by atoms with van der Waals surface area (Å²) in [6.45, 7) is 6.69. The van der Waals surface area contributed by atoms with Gasteiger partial charge in [0.05, 0.1) is 22.2 Å². The van der Waals surface area contributed by atoms with E-state index >= 15 is 0 Å². The Morgan fingerprint density at radius 3 is 1.62 bits per heavy atom. The molecule has 0 atom stereocenters. The van der Waals surface area contributed by atoms with Gasteiger partial charge >= 0.3 is 13.3 Å². The van der Waals surface area contributed by atoms with Gasteiger partial charge in [0.1, 0.15) is 11.6 Å². The smallest absolute Gasteiger partial charge is 0.399 e. The molecule has 2 nitrogen and oxygen atoms in total. The summed E-state index contributed by atoms with van der Waals surface area (Å²) < 4.78 is 76.2. The molecule has 0 bridgehead atoms. The second-order valence-electron chi connectivity index (χ2n) is 5.94. The van der Waals surface area contributed by atoms with Crippen molar-refractivity contribution in [1.82, 2.24) is 0 Å². The van der Waals surface area contributed by atoms with E-state index in [1.165, 1.54) is 0 Å². The molecule has 116 valence electrons. The maximum Gasteiger partial charge on any atom is 0.500 e. The van der Waals surface area contributed by atoms with Crippen molar-refractivity contribution in [3.05, 3.63) is 29.3 Å². The first-order valence-electron chi connectivity index (χ1n) is 6.27. The van der Waals surface area contributed by atoms with Crippen molar-refractivity contribution in [2.75, 3.05) is 0 Å². The maximum absolute atomic E-state index is 13.9. The maximum atomic E-state index is 13.9. The third-order valence-electron chi connectivity index (χ3n) is 3.90. The first-order valence-corrected chi connectivity index (χ1v) is 6.27. The highest BCUT2D eigenvalue weighted by molar-refractivity contribution is 6.62. The molecule has 8 heteroatoms. The van der Waals surface area contributed by atoms with Crippen molar-refractivity contribution in [2.45, 2.75) is 45.1 Å². The summed E-state index contributed by atoms with van der Waals surface area (Å²) in [5.41, 5.74) is -3.74. The Labute approximate surface area is 119 Å². The normalized spacial score (nSPS) is 20.9. The monoisotopic (exact) mass is 308 g/mol. The quantitative estimate of drug-likeness (QED) is 0.585. The lowest BCUT2D eigenvalue weighted by Crippen LogP contribution is -2.41. The molecule has 1 heterocycles. The van der Waals surface area contributed by atoms with Crippen LogP contribution in [0.1, 0.15) is 33.3 Å². The lowest BCUT2D eigenvalue weighted by Gasteiger charge is -2.32. The Bertz CT molecular complexity index is 529. The molecule has 0 saturated carbocycles. The zero-order valence-electron chi connectivity index (χ0n) is 11.9. The summed E-state index contributed by atoms with van der Waals surface area (Å²) in [5.74, 6) is -2.69. The summed E-state index contributed by atoms with van der Waals surface area (Å²) >= 11 is 0. The molecule has 1 aliphatic rings. The van der Waals surface area contributed by atoms with E-state index in [9.17, 15) is 22.0 Å². The van der Waals surface area contributed by atoms with Crippen LogP contribution in [0.4, 0.5) is 22.0 Å². The van der Waals surface area contributed by atoms with Gasteiger partial charge in [0, 0.05) is 0 Å². The fraction of sp³-hybridized carbons (Fsp3) is 0.538. The van der Waals surface area contributed by atoms with E-state index in [1.807, 2.05) is 0 Å². The molecule has 0 amide bonds. The predicted molar refractivity (Wildman–Crippen MR) is 67.1 cm³/mol. The summed E-state index contributed by atoms with van der Waals surface area (Å²) in [6, 6.07) is 0.479. The molecule has 1 fully saturated rings. The molecule has 0 N–H and O–H groups in total. The van der Waals surface area contributed by atoms with Crippen molar-refractivity contribution in [3.63, 3.8) is 0 Å². The average molecular weight is 308 g/mol. The molecule has 0 unspecified atom stereocenters. The molecule has 1 aromatic carbocycles. The van der Waals surface area contributed by atoms with E-state index in [4.69, 9.17) is 9.31 Å². The molecule has 0 aromatic heterocycles. The highest BCUT2D eigenvalue weighted by Gasteiger charge is 2.53. The summed E-state index contributed by atoms with van der Waals surface area (Å²) in [6.07, 6.45) is -4.82. The number of rotatable bonds is 1. The van der Waals surface area contributed by atoms with Crippen LogP contribution in [0.3, 0.4) is 0 Å². The van der Waals surface area contributed by atoms with Crippen LogP contribution in [-0.2, 0) is 15.5 Å². The third kappa shape index (κ3) is 2.79. The van der Waals surface area contributed by atoms with Gasteiger partial charge in [-0.15, -0.1) is 0 Å². The van der Waals surface area contributed by atoms with Gasteiger partial charge in [-0.1, -0.05) is 0 Å². The zero-order chi connectivity index (χ0) is 16.2. The highest BCUT2D eigenvalue weighted by atomic mass is 19.4. The van der Waals surface area contributed by atoms with Crippen LogP contribution in [0, 0.1) is 11.6 Å². The number of alkyl halides is 3. The Morgan fingerprint density at radius 1 is 0.905 bits per heavy atom. The van der Waals surface area contributed by atoms with Crippen molar-refractivity contribution < 1.29 is 31.3 Å². The van der Waals surface area contributed by atoms with Gasteiger partial charge in [-0.3, -0.25) is 0 Å². The third-order valence-corrected chi connectivity index (χ3v) is 3.90. The van der Waals surface area contributed by atoms with E-state index in [0.717, 1.165) is 0 Å². The van der Waals surface area contributed by atoms with E-state index in [-0.39, 0.29) is 12.1 Å². The average Bonchev–Trinajstić information content (AvgIpc) is 2.45. The molecule has 0 radical (unpaired) electrons. The zero-order valence-corrected chi connectivity index (χ0v) is 11.9. The molecule has 0 aliphatic carbocycles. The van der Waals surface area contributed by atoms with Crippen LogP contribution in [0.5, 0.6) is 0 Å². The number of hydrogen-bond donors (Lipinski definition) is 0. The van der Waals surface area contributed by atoms with Crippen LogP contribution >= 0.6 is 0 Å². The van der Waals surface area contributed by atoms with Crippen molar-refractivity contribution >= 4 is 12.6 Å². The van der Waals surface area contributed by atoms with Crippen LogP contribution in [-0.4, -0.2) is 18.3 Å². The molecular weight excluding hydrogens is 294 g/mol. The number of hydrogen-bond acceptors (Lipinski definition) is 2. The highest BCUT2D eigenvalue weighted by Crippen LogP contribution is 2.37. The fourth-order valence-corrected chi connectivity index (χ4v) is 1.93. The second kappa shape index (κ2) is 4.68. The lowest BCUT2D eigenvalue weighted by atomic mass is 9.77. The van der Waals surface area contributed by atoms with Crippen molar-refractivity contribution in [1.29, 1.82) is 0 Å². The minimum absolute atomic E-state index is 0.240. The summed E-state index contributed by atoms with van der Waals surface area (Å²) in [5, 5.41) is 0. The number of halogens is 5. The topological polar surface area (TPSA) is 18.5 Å². The van der Waals surface area contributed by atoms with E-state index < -0.39 is 47.2 Å². The van der Waals surface area contributed by atoms with Gasteiger partial charge in [-0.2, -0.15) is 13.2 Å². The number of benzene rings is 1. The predicted octanol–water partition coefficient (Wildman–Crippen LogP) is 3.28. The molecule has 1 saturated heterocycles. The minimum atomic E-state index is -4.82.